The van der Waals surface area contributed by atoms with Crippen LogP contribution in [0.5, 0.6) is 0 Å². The number of halogens is 1. The van der Waals surface area contributed by atoms with Crippen molar-refractivity contribution in [2.24, 2.45) is 0 Å². The Hall–Kier alpha value is -2.04. The molecule has 1 aromatic heterocycles. The molecule has 0 atom stereocenters. The van der Waals surface area contributed by atoms with E-state index in [1.165, 1.54) is 23.9 Å². The standard InChI is InChI=1S/C21H25ClN4/c1-2-3-12-25-15-24(13-11-17-7-6-8-18(22)14-17)16-26-20-10-5-4-9-19(20)23-21(25)26/h4-10,14H,2-3,11-13,15-16H2,1H3. The highest BCUT2D eigenvalue weighted by Gasteiger charge is 2.25. The van der Waals surface area contributed by atoms with Crippen LogP contribution in [-0.2, 0) is 13.1 Å². The van der Waals surface area contributed by atoms with E-state index < -0.39 is 0 Å². The molecule has 3 aromatic rings. The number of unbranched alkanes of at least 4 members (excludes halogenated alkanes) is 1. The first-order valence-electron chi connectivity index (χ1n) is 9.41. The van der Waals surface area contributed by atoms with E-state index in [4.69, 9.17) is 16.6 Å². The average molecular weight is 369 g/mol. The summed E-state index contributed by atoms with van der Waals surface area (Å²) in [6.45, 7) is 6.12. The van der Waals surface area contributed by atoms with E-state index in [1.807, 2.05) is 12.1 Å². The van der Waals surface area contributed by atoms with Crippen molar-refractivity contribution < 1.29 is 0 Å². The minimum absolute atomic E-state index is 0.814. The van der Waals surface area contributed by atoms with Crippen LogP contribution >= 0.6 is 11.6 Å². The normalized spacial score (nSPS) is 14.8. The van der Waals surface area contributed by atoms with Crippen LogP contribution in [0.3, 0.4) is 0 Å². The molecular formula is C21H25ClN4. The maximum atomic E-state index is 6.13. The van der Waals surface area contributed by atoms with Crippen LogP contribution in [0.25, 0.3) is 11.0 Å². The van der Waals surface area contributed by atoms with Crippen molar-refractivity contribution in [3.63, 3.8) is 0 Å². The molecule has 2 aromatic carbocycles. The zero-order valence-corrected chi connectivity index (χ0v) is 16.0. The second kappa shape index (κ2) is 7.68. The molecule has 0 saturated carbocycles. The van der Waals surface area contributed by atoms with Gasteiger partial charge in [0.2, 0.25) is 5.95 Å². The second-order valence-electron chi connectivity index (χ2n) is 7.00. The largest absolute Gasteiger partial charge is 0.329 e. The number of fused-ring (bicyclic) bond motifs is 3. The molecule has 2 heterocycles. The Morgan fingerprint density at radius 1 is 1.04 bits per heavy atom. The maximum Gasteiger partial charge on any atom is 0.208 e. The quantitative estimate of drug-likeness (QED) is 0.626. The molecule has 0 fully saturated rings. The van der Waals surface area contributed by atoms with Gasteiger partial charge in [-0.1, -0.05) is 49.2 Å². The average Bonchev–Trinajstić information content (AvgIpc) is 3.03. The third-order valence-electron chi connectivity index (χ3n) is 5.02. The molecule has 0 N–H and O–H groups in total. The van der Waals surface area contributed by atoms with Crippen molar-refractivity contribution in [1.29, 1.82) is 0 Å². The molecule has 0 unspecified atom stereocenters. The molecule has 4 rings (SSSR count). The van der Waals surface area contributed by atoms with Crippen molar-refractivity contribution in [3.8, 4) is 0 Å². The van der Waals surface area contributed by atoms with Crippen LogP contribution in [-0.4, -0.2) is 34.2 Å². The van der Waals surface area contributed by atoms with Gasteiger partial charge in [0.05, 0.1) is 24.4 Å². The molecule has 1 aliphatic heterocycles. The predicted molar refractivity (Wildman–Crippen MR) is 109 cm³/mol. The van der Waals surface area contributed by atoms with Crippen molar-refractivity contribution >= 4 is 28.6 Å². The molecule has 0 radical (unpaired) electrons. The Morgan fingerprint density at radius 3 is 2.77 bits per heavy atom. The first-order chi connectivity index (χ1) is 12.7. The minimum atomic E-state index is 0.814. The molecule has 26 heavy (non-hydrogen) atoms. The summed E-state index contributed by atoms with van der Waals surface area (Å²) in [5.41, 5.74) is 3.59. The first-order valence-corrected chi connectivity index (χ1v) is 9.79. The second-order valence-corrected chi connectivity index (χ2v) is 7.44. The third kappa shape index (κ3) is 3.57. The predicted octanol–water partition coefficient (Wildman–Crippen LogP) is 4.77. The number of imidazole rings is 1. The number of hydrogen-bond acceptors (Lipinski definition) is 3. The van der Waals surface area contributed by atoms with Crippen LogP contribution in [0.1, 0.15) is 25.3 Å². The number of rotatable bonds is 6. The first kappa shape index (κ1) is 17.4. The molecule has 136 valence electrons. The SMILES string of the molecule is CCCCN1CN(CCc2cccc(Cl)c2)Cn2c1nc1ccccc12. The van der Waals surface area contributed by atoms with E-state index in [0.717, 1.165) is 49.3 Å². The smallest absolute Gasteiger partial charge is 0.208 e. The van der Waals surface area contributed by atoms with E-state index in [0.29, 0.717) is 0 Å². The number of aromatic nitrogens is 2. The van der Waals surface area contributed by atoms with Crippen molar-refractivity contribution in [1.82, 2.24) is 14.5 Å². The van der Waals surface area contributed by atoms with Gasteiger partial charge in [0.25, 0.3) is 0 Å². The zero-order chi connectivity index (χ0) is 17.9. The van der Waals surface area contributed by atoms with Gasteiger partial charge in [-0.25, -0.2) is 4.98 Å². The van der Waals surface area contributed by atoms with Gasteiger partial charge in [0.15, 0.2) is 0 Å². The Labute approximate surface area is 160 Å². The Morgan fingerprint density at radius 2 is 1.92 bits per heavy atom. The van der Waals surface area contributed by atoms with Crippen LogP contribution in [0, 0.1) is 0 Å². The Kier molecular flexibility index (Phi) is 5.14. The fourth-order valence-electron chi connectivity index (χ4n) is 3.63. The fourth-order valence-corrected chi connectivity index (χ4v) is 3.85. The Balaban J connectivity index is 1.56. The number of para-hydroxylation sites is 2. The summed E-state index contributed by atoms with van der Waals surface area (Å²) in [6, 6.07) is 16.6. The van der Waals surface area contributed by atoms with Gasteiger partial charge < -0.3 is 4.90 Å². The van der Waals surface area contributed by atoms with Gasteiger partial charge in [0.1, 0.15) is 0 Å². The lowest BCUT2D eigenvalue weighted by Gasteiger charge is -2.37. The number of anilines is 1. The summed E-state index contributed by atoms with van der Waals surface area (Å²) < 4.78 is 2.35. The topological polar surface area (TPSA) is 24.3 Å². The summed E-state index contributed by atoms with van der Waals surface area (Å²) in [5, 5.41) is 0.814. The zero-order valence-electron chi connectivity index (χ0n) is 15.2. The van der Waals surface area contributed by atoms with Gasteiger partial charge in [-0.3, -0.25) is 9.47 Å². The van der Waals surface area contributed by atoms with Crippen LogP contribution < -0.4 is 4.90 Å². The fraction of sp³-hybridized carbons (Fsp3) is 0.381. The summed E-state index contributed by atoms with van der Waals surface area (Å²) in [4.78, 5) is 9.82. The molecule has 5 heteroatoms. The van der Waals surface area contributed by atoms with E-state index in [9.17, 15) is 0 Å². The molecule has 0 saturated heterocycles. The van der Waals surface area contributed by atoms with Gasteiger partial charge in [-0.2, -0.15) is 0 Å². The minimum Gasteiger partial charge on any atom is -0.329 e. The van der Waals surface area contributed by atoms with Crippen LogP contribution in [0.15, 0.2) is 48.5 Å². The van der Waals surface area contributed by atoms with Crippen molar-refractivity contribution in [2.45, 2.75) is 32.9 Å². The van der Waals surface area contributed by atoms with Gasteiger partial charge in [-0.05, 0) is 42.7 Å². The number of benzene rings is 2. The van der Waals surface area contributed by atoms with E-state index in [-0.39, 0.29) is 0 Å². The van der Waals surface area contributed by atoms with Crippen molar-refractivity contribution in [3.05, 3.63) is 59.1 Å². The molecule has 0 bridgehead atoms. The molecule has 4 nitrogen and oxygen atoms in total. The summed E-state index contributed by atoms with van der Waals surface area (Å²) in [5.74, 6) is 1.11. The van der Waals surface area contributed by atoms with Crippen molar-refractivity contribution in [2.75, 3.05) is 24.7 Å². The van der Waals surface area contributed by atoms with Crippen LogP contribution in [0.2, 0.25) is 5.02 Å². The Bertz CT molecular complexity index is 889. The molecule has 1 aliphatic rings. The maximum absolute atomic E-state index is 6.13. The summed E-state index contributed by atoms with van der Waals surface area (Å²) >= 11 is 6.13. The van der Waals surface area contributed by atoms with E-state index >= 15 is 0 Å². The van der Waals surface area contributed by atoms with E-state index in [2.05, 4.69) is 57.7 Å². The molecule has 0 aliphatic carbocycles. The molecular weight excluding hydrogens is 344 g/mol. The number of nitrogens with zero attached hydrogens (tertiary/aromatic N) is 4. The van der Waals surface area contributed by atoms with Gasteiger partial charge in [-0.15, -0.1) is 0 Å². The lowest BCUT2D eigenvalue weighted by atomic mass is 10.1. The third-order valence-corrected chi connectivity index (χ3v) is 5.25. The lowest BCUT2D eigenvalue weighted by Crippen LogP contribution is -2.46. The number of hydrogen-bond donors (Lipinski definition) is 0. The molecule has 0 amide bonds. The molecule has 0 spiro atoms. The summed E-state index contributed by atoms with van der Waals surface area (Å²) in [6.07, 6.45) is 3.38. The summed E-state index contributed by atoms with van der Waals surface area (Å²) in [7, 11) is 0. The monoisotopic (exact) mass is 368 g/mol. The van der Waals surface area contributed by atoms with Gasteiger partial charge in [0, 0.05) is 18.1 Å². The lowest BCUT2D eigenvalue weighted by molar-refractivity contribution is 0.201. The van der Waals surface area contributed by atoms with Crippen LogP contribution in [0.4, 0.5) is 5.95 Å². The highest BCUT2D eigenvalue weighted by atomic mass is 35.5. The highest BCUT2D eigenvalue weighted by Crippen LogP contribution is 2.27. The van der Waals surface area contributed by atoms with Gasteiger partial charge >= 0.3 is 0 Å². The highest BCUT2D eigenvalue weighted by molar-refractivity contribution is 6.30. The van der Waals surface area contributed by atoms with E-state index in [1.54, 1.807) is 0 Å².